The third-order valence-electron chi connectivity index (χ3n) is 2.70. The number of hydrogen-bond acceptors (Lipinski definition) is 3. The molecule has 0 aliphatic rings. The van der Waals surface area contributed by atoms with Crippen molar-refractivity contribution in [3.63, 3.8) is 0 Å². The van der Waals surface area contributed by atoms with Crippen LogP contribution >= 0.6 is 22.9 Å². The van der Waals surface area contributed by atoms with Crippen LogP contribution in [-0.4, -0.2) is 0 Å². The lowest BCUT2D eigenvalue weighted by Gasteiger charge is -2.20. The molecule has 2 nitrogen and oxygen atoms in total. The van der Waals surface area contributed by atoms with Gasteiger partial charge in [-0.05, 0) is 35.2 Å². The second-order valence-corrected chi connectivity index (χ2v) is 5.32. The van der Waals surface area contributed by atoms with Crippen molar-refractivity contribution in [3.8, 4) is 0 Å². The van der Waals surface area contributed by atoms with Gasteiger partial charge in [0.05, 0.1) is 16.6 Å². The summed E-state index contributed by atoms with van der Waals surface area (Å²) in [5.74, 6) is 4.56. The number of hydrazine groups is 1. The van der Waals surface area contributed by atoms with E-state index in [1.165, 1.54) is 0 Å². The maximum Gasteiger partial charge on any atom is 0.416 e. The van der Waals surface area contributed by atoms with Crippen LogP contribution in [0.2, 0.25) is 5.02 Å². The molecule has 8 heteroatoms. The average molecular weight is 325 g/mol. The van der Waals surface area contributed by atoms with E-state index in [1.54, 1.807) is 11.4 Å². The molecule has 0 aliphatic heterocycles. The van der Waals surface area contributed by atoms with Crippen LogP contribution < -0.4 is 11.3 Å². The number of halogens is 5. The van der Waals surface area contributed by atoms with E-state index in [2.05, 4.69) is 5.43 Å². The van der Waals surface area contributed by atoms with Gasteiger partial charge in [0.15, 0.2) is 0 Å². The van der Waals surface area contributed by atoms with E-state index in [0.717, 1.165) is 23.5 Å². The number of alkyl halides is 3. The number of rotatable bonds is 3. The fraction of sp³-hybridized carbons (Fsp3) is 0.167. The summed E-state index contributed by atoms with van der Waals surface area (Å²) in [6.07, 6.45) is -4.61. The Morgan fingerprint density at radius 1 is 1.25 bits per heavy atom. The summed E-state index contributed by atoms with van der Waals surface area (Å²) in [4.78, 5) is 0.394. The molecule has 1 aromatic heterocycles. The van der Waals surface area contributed by atoms with Crippen molar-refractivity contribution in [2.75, 3.05) is 0 Å². The predicted octanol–water partition coefficient (Wildman–Crippen LogP) is 4.11. The predicted molar refractivity (Wildman–Crippen MR) is 69.9 cm³/mol. The fourth-order valence-corrected chi connectivity index (χ4v) is 3.09. The monoisotopic (exact) mass is 324 g/mol. The van der Waals surface area contributed by atoms with Gasteiger partial charge in [-0.15, -0.1) is 11.3 Å². The first-order valence-corrected chi connectivity index (χ1v) is 6.66. The molecule has 1 aromatic carbocycles. The lowest BCUT2D eigenvalue weighted by atomic mass is 9.99. The molecule has 1 unspecified atom stereocenters. The summed E-state index contributed by atoms with van der Waals surface area (Å²) in [6, 6.07) is 2.77. The number of nitrogens with two attached hydrogens (primary N) is 1. The largest absolute Gasteiger partial charge is 0.416 e. The van der Waals surface area contributed by atoms with Crippen molar-refractivity contribution in [3.05, 3.63) is 56.5 Å². The zero-order chi connectivity index (χ0) is 14.9. The minimum Gasteiger partial charge on any atom is -0.271 e. The summed E-state index contributed by atoms with van der Waals surface area (Å²) in [5.41, 5.74) is 1.01. The average Bonchev–Trinajstić information content (AvgIpc) is 2.75. The minimum absolute atomic E-state index is 0.273. The molecular weight excluding hydrogens is 316 g/mol. The van der Waals surface area contributed by atoms with E-state index in [9.17, 15) is 17.6 Å². The number of nitrogens with one attached hydrogen (secondary N) is 1. The molecule has 3 N–H and O–H groups in total. The van der Waals surface area contributed by atoms with Crippen LogP contribution in [-0.2, 0) is 6.18 Å². The van der Waals surface area contributed by atoms with Crippen LogP contribution in [0.25, 0.3) is 0 Å². The minimum atomic E-state index is -4.61. The molecule has 0 saturated carbocycles. The van der Waals surface area contributed by atoms with E-state index >= 15 is 0 Å². The molecule has 1 atom stereocenters. The first kappa shape index (κ1) is 15.2. The number of hydrogen-bond donors (Lipinski definition) is 2. The van der Waals surface area contributed by atoms with Crippen molar-refractivity contribution in [1.82, 2.24) is 5.43 Å². The molecule has 2 aromatic rings. The van der Waals surface area contributed by atoms with E-state index in [1.807, 2.05) is 0 Å². The Bertz CT molecular complexity index is 612. The topological polar surface area (TPSA) is 38.0 Å². The molecule has 2 rings (SSSR count). The van der Waals surface area contributed by atoms with Gasteiger partial charge in [0.2, 0.25) is 0 Å². The molecule has 0 aliphatic carbocycles. The molecule has 0 saturated heterocycles. The molecule has 0 bridgehead atoms. The third kappa shape index (κ3) is 2.95. The first-order chi connectivity index (χ1) is 9.34. The Morgan fingerprint density at radius 2 is 1.95 bits per heavy atom. The van der Waals surface area contributed by atoms with Crippen molar-refractivity contribution in [2.24, 2.45) is 5.84 Å². The van der Waals surface area contributed by atoms with E-state index in [-0.39, 0.29) is 10.6 Å². The van der Waals surface area contributed by atoms with Crippen LogP contribution in [0.15, 0.2) is 29.6 Å². The molecular formula is C12H9ClF4N2S. The molecule has 0 amide bonds. The lowest BCUT2D eigenvalue weighted by Crippen LogP contribution is -2.30. The van der Waals surface area contributed by atoms with Crippen LogP contribution in [0.1, 0.15) is 22.0 Å². The van der Waals surface area contributed by atoms with Crippen molar-refractivity contribution < 1.29 is 17.6 Å². The quantitative estimate of drug-likeness (QED) is 0.506. The zero-order valence-corrected chi connectivity index (χ0v) is 11.4. The standard InChI is InChI=1S/C12H9ClF4N2S/c13-9-3-4-20-11(9)10(19-18)7-5-6(14)1-2-8(7)12(15,16)17/h1-5,10,19H,18H2. The zero-order valence-electron chi connectivity index (χ0n) is 9.84. The molecule has 0 spiro atoms. The highest BCUT2D eigenvalue weighted by Gasteiger charge is 2.36. The Balaban J connectivity index is 2.60. The van der Waals surface area contributed by atoms with Gasteiger partial charge < -0.3 is 0 Å². The SMILES string of the molecule is NNC(c1cc(F)ccc1C(F)(F)F)c1sccc1Cl. The highest BCUT2D eigenvalue weighted by atomic mass is 35.5. The number of thiophene rings is 1. The Hall–Kier alpha value is -1.15. The van der Waals surface area contributed by atoms with Crippen LogP contribution in [0.3, 0.4) is 0 Å². The highest BCUT2D eigenvalue weighted by molar-refractivity contribution is 7.10. The fourth-order valence-electron chi connectivity index (χ4n) is 1.85. The maximum absolute atomic E-state index is 13.3. The molecule has 108 valence electrons. The van der Waals surface area contributed by atoms with Crippen molar-refractivity contribution >= 4 is 22.9 Å². The van der Waals surface area contributed by atoms with E-state index in [4.69, 9.17) is 17.4 Å². The highest BCUT2D eigenvalue weighted by Crippen LogP contribution is 2.39. The van der Waals surface area contributed by atoms with E-state index in [0.29, 0.717) is 10.9 Å². The summed E-state index contributed by atoms with van der Waals surface area (Å²) in [7, 11) is 0. The maximum atomic E-state index is 13.3. The van der Waals surface area contributed by atoms with Gasteiger partial charge in [0.25, 0.3) is 0 Å². The Morgan fingerprint density at radius 3 is 2.45 bits per heavy atom. The van der Waals surface area contributed by atoms with Gasteiger partial charge in [0, 0.05) is 4.88 Å². The summed E-state index contributed by atoms with van der Waals surface area (Å²) in [5, 5.41) is 1.89. The summed E-state index contributed by atoms with van der Waals surface area (Å²) in [6.45, 7) is 0. The third-order valence-corrected chi connectivity index (χ3v) is 4.13. The first-order valence-electron chi connectivity index (χ1n) is 5.40. The molecule has 20 heavy (non-hydrogen) atoms. The van der Waals surface area contributed by atoms with E-state index < -0.39 is 23.6 Å². The van der Waals surface area contributed by atoms with Crippen molar-refractivity contribution in [2.45, 2.75) is 12.2 Å². The van der Waals surface area contributed by atoms with Crippen LogP contribution in [0, 0.1) is 5.82 Å². The normalized spacial score (nSPS) is 13.5. The Labute approximate surface area is 121 Å². The lowest BCUT2D eigenvalue weighted by molar-refractivity contribution is -0.138. The van der Waals surface area contributed by atoms with Gasteiger partial charge in [-0.2, -0.15) is 13.2 Å². The second kappa shape index (κ2) is 5.69. The smallest absolute Gasteiger partial charge is 0.271 e. The van der Waals surface area contributed by atoms with Gasteiger partial charge in [-0.25, -0.2) is 9.82 Å². The molecule has 0 radical (unpaired) electrons. The Kier molecular flexibility index (Phi) is 4.33. The summed E-state index contributed by atoms with van der Waals surface area (Å²) >= 11 is 7.05. The van der Waals surface area contributed by atoms with Gasteiger partial charge in [-0.1, -0.05) is 11.6 Å². The second-order valence-electron chi connectivity index (χ2n) is 3.96. The van der Waals surface area contributed by atoms with Crippen molar-refractivity contribution in [1.29, 1.82) is 0 Å². The van der Waals surface area contributed by atoms with Gasteiger partial charge in [-0.3, -0.25) is 5.84 Å². The molecule has 1 heterocycles. The molecule has 0 fully saturated rings. The summed E-state index contributed by atoms with van der Waals surface area (Å²) < 4.78 is 52.3. The van der Waals surface area contributed by atoms with Crippen LogP contribution in [0.5, 0.6) is 0 Å². The number of benzene rings is 1. The van der Waals surface area contributed by atoms with Crippen LogP contribution in [0.4, 0.5) is 17.6 Å². The van der Waals surface area contributed by atoms with Gasteiger partial charge in [0.1, 0.15) is 5.82 Å². The van der Waals surface area contributed by atoms with Gasteiger partial charge >= 0.3 is 6.18 Å².